The normalized spacial score (nSPS) is 16.9. The van der Waals surface area contributed by atoms with Gasteiger partial charge in [0, 0.05) is 12.1 Å². The number of hydrogen-bond acceptors (Lipinski definition) is 6. The number of aromatic nitrogens is 3. The van der Waals surface area contributed by atoms with E-state index in [1.165, 1.54) is 17.3 Å². The molecule has 2 heterocycles. The van der Waals surface area contributed by atoms with E-state index in [0.29, 0.717) is 11.7 Å². The molecule has 3 aromatic carbocycles. The third kappa shape index (κ3) is 4.49. The Kier molecular flexibility index (Phi) is 6.22. The number of ether oxygens (including phenoxy) is 1. The minimum atomic E-state index is -0.415. The minimum Gasteiger partial charge on any atom is -0.497 e. The monoisotopic (exact) mass is 471 g/mol. The quantitative estimate of drug-likeness (QED) is 0.436. The fourth-order valence-electron chi connectivity index (χ4n) is 3.89. The first-order valence-electron chi connectivity index (χ1n) is 11.0. The number of carbonyl (C=O) groups is 1. The molecule has 0 radical (unpaired) electrons. The number of rotatable bonds is 6. The topological polar surface area (TPSA) is 81.1 Å². The molecule has 1 aliphatic heterocycles. The van der Waals surface area contributed by atoms with Crippen molar-refractivity contribution in [1.82, 2.24) is 20.2 Å². The number of nitrogens with one attached hydrogen (secondary N) is 2. The molecule has 8 heteroatoms. The summed E-state index contributed by atoms with van der Waals surface area (Å²) in [5, 5.41) is 12.1. The van der Waals surface area contributed by atoms with E-state index >= 15 is 0 Å². The lowest BCUT2D eigenvalue weighted by Crippen LogP contribution is -2.43. The van der Waals surface area contributed by atoms with E-state index in [0.717, 1.165) is 28.3 Å². The van der Waals surface area contributed by atoms with E-state index in [9.17, 15) is 4.79 Å². The first-order valence-corrected chi connectivity index (χ1v) is 11.9. The molecule has 172 valence electrons. The van der Waals surface area contributed by atoms with Crippen LogP contribution in [0.1, 0.15) is 22.7 Å². The van der Waals surface area contributed by atoms with Gasteiger partial charge in [-0.05, 0) is 30.2 Å². The Morgan fingerprint density at radius 2 is 1.76 bits per heavy atom. The van der Waals surface area contributed by atoms with Crippen LogP contribution < -0.4 is 15.5 Å². The molecular weight excluding hydrogens is 446 g/mol. The van der Waals surface area contributed by atoms with E-state index in [1.807, 2.05) is 59.3 Å². The van der Waals surface area contributed by atoms with Crippen molar-refractivity contribution in [1.29, 1.82) is 0 Å². The number of methoxy groups -OCH3 is 1. The standard InChI is InChI=1S/C26H25N5O2S/c1-17-8-12-19(13-9-17)22-23(25(32)27-16-18-10-14-21(33-2)15-11-18)34-26-29-28-24(31(26)30-22)20-6-4-3-5-7-20/h3-15,22-23,30H,16H2,1-2H3,(H,27,32)/t22-,23-/m0/s1. The van der Waals surface area contributed by atoms with Gasteiger partial charge < -0.3 is 15.5 Å². The fourth-order valence-corrected chi connectivity index (χ4v) is 4.99. The molecule has 2 N–H and O–H groups in total. The molecule has 0 unspecified atom stereocenters. The van der Waals surface area contributed by atoms with E-state index < -0.39 is 5.25 Å². The Morgan fingerprint density at radius 3 is 2.47 bits per heavy atom. The Morgan fingerprint density at radius 1 is 1.03 bits per heavy atom. The molecule has 0 saturated heterocycles. The third-order valence-corrected chi connectivity index (χ3v) is 7.00. The Balaban J connectivity index is 1.42. The molecule has 34 heavy (non-hydrogen) atoms. The molecule has 0 saturated carbocycles. The van der Waals surface area contributed by atoms with Crippen molar-refractivity contribution in [3.8, 4) is 17.1 Å². The predicted octanol–water partition coefficient (Wildman–Crippen LogP) is 4.34. The molecular formula is C26H25N5O2S. The summed E-state index contributed by atoms with van der Waals surface area (Å²) in [6.07, 6.45) is 0. The van der Waals surface area contributed by atoms with Crippen molar-refractivity contribution < 1.29 is 9.53 Å². The highest BCUT2D eigenvalue weighted by atomic mass is 32.2. The highest BCUT2D eigenvalue weighted by molar-refractivity contribution is 8.00. The van der Waals surface area contributed by atoms with Crippen LogP contribution in [0.5, 0.6) is 5.75 Å². The van der Waals surface area contributed by atoms with Gasteiger partial charge in [0.1, 0.15) is 11.0 Å². The van der Waals surface area contributed by atoms with Gasteiger partial charge in [-0.2, -0.15) is 0 Å². The molecule has 2 atom stereocenters. The van der Waals surface area contributed by atoms with Crippen LogP contribution in [0.15, 0.2) is 84.0 Å². The molecule has 0 fully saturated rings. The van der Waals surface area contributed by atoms with E-state index in [4.69, 9.17) is 4.74 Å². The van der Waals surface area contributed by atoms with E-state index in [-0.39, 0.29) is 11.9 Å². The van der Waals surface area contributed by atoms with Gasteiger partial charge in [0.05, 0.1) is 13.2 Å². The van der Waals surface area contributed by atoms with Gasteiger partial charge in [-0.1, -0.05) is 84.1 Å². The second kappa shape index (κ2) is 9.61. The SMILES string of the molecule is COc1ccc(CNC(=O)[C@H]2Sc3nnc(-c4ccccc4)n3N[C@H]2c2ccc(C)cc2)cc1. The van der Waals surface area contributed by atoms with Crippen molar-refractivity contribution >= 4 is 17.7 Å². The summed E-state index contributed by atoms with van der Waals surface area (Å²) < 4.78 is 7.10. The third-order valence-electron chi connectivity index (χ3n) is 5.79. The number of hydrogen-bond donors (Lipinski definition) is 2. The van der Waals surface area contributed by atoms with Crippen molar-refractivity contribution in [2.75, 3.05) is 12.5 Å². The van der Waals surface area contributed by atoms with E-state index in [2.05, 4.69) is 52.1 Å². The average molecular weight is 472 g/mol. The number of carbonyl (C=O) groups excluding carboxylic acids is 1. The molecule has 7 nitrogen and oxygen atoms in total. The molecule has 5 rings (SSSR count). The second-order valence-electron chi connectivity index (χ2n) is 8.13. The molecule has 0 spiro atoms. The Hall–Kier alpha value is -3.78. The lowest BCUT2D eigenvalue weighted by atomic mass is 10.0. The van der Waals surface area contributed by atoms with Gasteiger partial charge >= 0.3 is 0 Å². The maximum absolute atomic E-state index is 13.4. The zero-order valence-corrected chi connectivity index (χ0v) is 19.8. The number of benzene rings is 3. The molecule has 1 aliphatic rings. The molecule has 4 aromatic rings. The summed E-state index contributed by atoms with van der Waals surface area (Å²) in [5.74, 6) is 1.45. The van der Waals surface area contributed by atoms with Gasteiger partial charge in [0.15, 0.2) is 5.82 Å². The highest BCUT2D eigenvalue weighted by Crippen LogP contribution is 2.38. The van der Waals surface area contributed by atoms with Gasteiger partial charge in [-0.3, -0.25) is 4.79 Å². The van der Waals surface area contributed by atoms with Crippen LogP contribution in [0.3, 0.4) is 0 Å². The first kappa shape index (κ1) is 22.0. The Labute approximate surface area is 202 Å². The fraction of sp³-hybridized carbons (Fsp3) is 0.192. The van der Waals surface area contributed by atoms with Crippen LogP contribution >= 0.6 is 11.8 Å². The predicted molar refractivity (Wildman–Crippen MR) is 133 cm³/mol. The van der Waals surface area contributed by atoms with Crippen molar-refractivity contribution in [3.05, 3.63) is 95.6 Å². The van der Waals surface area contributed by atoms with Crippen LogP contribution in [0, 0.1) is 6.92 Å². The molecule has 0 aliphatic carbocycles. The maximum Gasteiger partial charge on any atom is 0.236 e. The smallest absolute Gasteiger partial charge is 0.236 e. The first-order chi connectivity index (χ1) is 16.6. The molecule has 1 aromatic heterocycles. The van der Waals surface area contributed by atoms with Crippen LogP contribution in [0.2, 0.25) is 0 Å². The number of amides is 1. The van der Waals surface area contributed by atoms with Crippen LogP contribution in [0.4, 0.5) is 0 Å². The molecule has 1 amide bonds. The van der Waals surface area contributed by atoms with Gasteiger partial charge in [0.2, 0.25) is 11.1 Å². The average Bonchev–Trinajstić information content (AvgIpc) is 3.31. The maximum atomic E-state index is 13.4. The van der Waals surface area contributed by atoms with Gasteiger partial charge in [0.25, 0.3) is 0 Å². The number of nitrogens with zero attached hydrogens (tertiary/aromatic N) is 3. The summed E-state index contributed by atoms with van der Waals surface area (Å²) in [4.78, 5) is 13.4. The van der Waals surface area contributed by atoms with E-state index in [1.54, 1.807) is 7.11 Å². The zero-order chi connectivity index (χ0) is 23.5. The number of aryl methyl sites for hydroxylation is 1. The van der Waals surface area contributed by atoms with Crippen LogP contribution in [-0.2, 0) is 11.3 Å². The molecule has 0 bridgehead atoms. The number of thioether (sulfide) groups is 1. The van der Waals surface area contributed by atoms with Crippen LogP contribution in [-0.4, -0.2) is 33.1 Å². The van der Waals surface area contributed by atoms with Gasteiger partial charge in [-0.25, -0.2) is 4.68 Å². The highest BCUT2D eigenvalue weighted by Gasteiger charge is 2.37. The van der Waals surface area contributed by atoms with Gasteiger partial charge in [-0.15, -0.1) is 10.2 Å². The van der Waals surface area contributed by atoms with Crippen molar-refractivity contribution in [2.24, 2.45) is 0 Å². The Bertz CT molecular complexity index is 1270. The summed E-state index contributed by atoms with van der Waals surface area (Å²) >= 11 is 1.42. The summed E-state index contributed by atoms with van der Waals surface area (Å²) in [6, 6.07) is 25.6. The largest absolute Gasteiger partial charge is 0.497 e. The lowest BCUT2D eigenvalue weighted by Gasteiger charge is -2.33. The van der Waals surface area contributed by atoms with Crippen molar-refractivity contribution in [2.45, 2.75) is 29.9 Å². The lowest BCUT2D eigenvalue weighted by molar-refractivity contribution is -0.121. The summed E-state index contributed by atoms with van der Waals surface area (Å²) in [7, 11) is 1.64. The second-order valence-corrected chi connectivity index (χ2v) is 9.24. The van der Waals surface area contributed by atoms with Crippen molar-refractivity contribution in [3.63, 3.8) is 0 Å². The summed E-state index contributed by atoms with van der Waals surface area (Å²) in [6.45, 7) is 2.49. The minimum absolute atomic E-state index is 0.0607. The number of fused-ring (bicyclic) bond motifs is 1. The van der Waals surface area contributed by atoms with Crippen LogP contribution in [0.25, 0.3) is 11.4 Å². The summed E-state index contributed by atoms with van der Waals surface area (Å²) in [5.41, 5.74) is 7.68. The zero-order valence-electron chi connectivity index (χ0n) is 18.9.